The Morgan fingerprint density at radius 1 is 1.00 bits per heavy atom. The quantitative estimate of drug-likeness (QED) is 0.369. The van der Waals surface area contributed by atoms with Gasteiger partial charge < -0.3 is 18.9 Å². The van der Waals surface area contributed by atoms with Crippen LogP contribution in [0.15, 0.2) is 0 Å². The van der Waals surface area contributed by atoms with Gasteiger partial charge in [-0.15, -0.1) is 0 Å². The normalized spacial score (nSPS) is 10.9. The van der Waals surface area contributed by atoms with Crippen molar-refractivity contribution in [1.82, 2.24) is 4.90 Å². The smallest absolute Gasteiger partial charge is 0.332 e. The third kappa shape index (κ3) is 10.5. The van der Waals surface area contributed by atoms with E-state index in [4.69, 9.17) is 18.9 Å². The third-order valence-electron chi connectivity index (χ3n) is 2.30. The van der Waals surface area contributed by atoms with Gasteiger partial charge in [-0.25, -0.2) is 4.79 Å². The predicted octanol–water partition coefficient (Wildman–Crippen LogP) is 0.161. The molecule has 0 saturated carbocycles. The molecule has 0 radical (unpaired) electrons. The molecule has 0 rings (SSSR count). The molecule has 0 spiro atoms. The van der Waals surface area contributed by atoms with E-state index in [0.717, 1.165) is 19.6 Å². The van der Waals surface area contributed by atoms with Crippen molar-refractivity contribution in [2.45, 2.75) is 6.92 Å². The number of ether oxygens (including phenoxy) is 4. The van der Waals surface area contributed by atoms with Crippen molar-refractivity contribution in [2.75, 3.05) is 66.9 Å². The van der Waals surface area contributed by atoms with E-state index in [1.54, 1.807) is 21.1 Å². The van der Waals surface area contributed by atoms with Crippen molar-refractivity contribution in [3.63, 3.8) is 0 Å². The number of hydrogen-bond acceptors (Lipinski definition) is 6. The third-order valence-corrected chi connectivity index (χ3v) is 2.30. The van der Waals surface area contributed by atoms with Crippen LogP contribution in [0, 0.1) is 0 Å². The molecule has 0 heterocycles. The SMILES string of the molecule is CCOC(=O)COCCN(CCOC)CCOC. The molecule has 6 heteroatoms. The number of esters is 1. The molecule has 0 saturated heterocycles. The van der Waals surface area contributed by atoms with Gasteiger partial charge in [-0.1, -0.05) is 0 Å². The van der Waals surface area contributed by atoms with Crippen molar-refractivity contribution in [3.8, 4) is 0 Å². The molecule has 0 aromatic carbocycles. The number of rotatable bonds is 12. The van der Waals surface area contributed by atoms with E-state index >= 15 is 0 Å². The Morgan fingerprint density at radius 2 is 1.56 bits per heavy atom. The Kier molecular flexibility index (Phi) is 12.3. The summed E-state index contributed by atoms with van der Waals surface area (Å²) in [6.45, 7) is 6.38. The second-order valence-corrected chi connectivity index (χ2v) is 3.68. The highest BCUT2D eigenvalue weighted by Crippen LogP contribution is 1.90. The molecule has 108 valence electrons. The van der Waals surface area contributed by atoms with Crippen molar-refractivity contribution in [2.24, 2.45) is 0 Å². The minimum Gasteiger partial charge on any atom is -0.464 e. The highest BCUT2D eigenvalue weighted by Gasteiger charge is 2.06. The standard InChI is InChI=1S/C12H25NO5/c1-4-18-12(14)11-17-10-7-13(5-8-15-2)6-9-16-3/h4-11H2,1-3H3. The molecule has 0 aromatic heterocycles. The van der Waals surface area contributed by atoms with E-state index in [0.29, 0.717) is 26.4 Å². The first-order valence-electron chi connectivity index (χ1n) is 6.18. The van der Waals surface area contributed by atoms with Gasteiger partial charge in [0.05, 0.1) is 26.4 Å². The minimum atomic E-state index is -0.321. The van der Waals surface area contributed by atoms with Crippen molar-refractivity contribution >= 4 is 5.97 Å². The minimum absolute atomic E-state index is 0.0102. The van der Waals surface area contributed by atoms with Gasteiger partial charge in [-0.3, -0.25) is 4.90 Å². The highest BCUT2D eigenvalue weighted by molar-refractivity contribution is 5.70. The molecular weight excluding hydrogens is 238 g/mol. The molecular formula is C12H25NO5. The predicted molar refractivity (Wildman–Crippen MR) is 67.6 cm³/mol. The number of hydrogen-bond donors (Lipinski definition) is 0. The highest BCUT2D eigenvalue weighted by atomic mass is 16.6. The molecule has 0 aliphatic carbocycles. The molecule has 0 aliphatic rings. The maximum Gasteiger partial charge on any atom is 0.332 e. The van der Waals surface area contributed by atoms with E-state index in [9.17, 15) is 4.79 Å². The zero-order valence-electron chi connectivity index (χ0n) is 11.6. The van der Waals surface area contributed by atoms with Crippen molar-refractivity contribution in [1.29, 1.82) is 0 Å². The lowest BCUT2D eigenvalue weighted by atomic mass is 10.4. The lowest BCUT2D eigenvalue weighted by Crippen LogP contribution is -2.34. The summed E-state index contributed by atoms with van der Waals surface area (Å²) in [5.41, 5.74) is 0. The molecule has 18 heavy (non-hydrogen) atoms. The monoisotopic (exact) mass is 263 g/mol. The molecule has 0 aromatic rings. The maximum absolute atomic E-state index is 11.0. The van der Waals surface area contributed by atoms with Crippen LogP contribution in [0.4, 0.5) is 0 Å². The first kappa shape index (κ1) is 17.3. The van der Waals surface area contributed by atoms with Crippen LogP contribution >= 0.6 is 0 Å². The molecule has 0 unspecified atom stereocenters. The second-order valence-electron chi connectivity index (χ2n) is 3.68. The summed E-state index contributed by atoms with van der Waals surface area (Å²) >= 11 is 0. The summed E-state index contributed by atoms with van der Waals surface area (Å²) in [7, 11) is 3.34. The van der Waals surface area contributed by atoms with Crippen LogP contribution in [0.5, 0.6) is 0 Å². The Morgan fingerprint density at radius 3 is 2.06 bits per heavy atom. The summed E-state index contributed by atoms with van der Waals surface area (Å²) in [4.78, 5) is 13.2. The summed E-state index contributed by atoms with van der Waals surface area (Å²) < 4.78 is 20.1. The summed E-state index contributed by atoms with van der Waals surface area (Å²) in [5, 5.41) is 0. The average molecular weight is 263 g/mol. The fourth-order valence-corrected chi connectivity index (χ4v) is 1.33. The van der Waals surface area contributed by atoms with Crippen molar-refractivity contribution in [3.05, 3.63) is 0 Å². The summed E-state index contributed by atoms with van der Waals surface area (Å²) in [6, 6.07) is 0. The van der Waals surface area contributed by atoms with Gasteiger partial charge in [0.1, 0.15) is 6.61 Å². The maximum atomic E-state index is 11.0. The Balaban J connectivity index is 3.63. The van der Waals surface area contributed by atoms with Crippen LogP contribution in [-0.2, 0) is 23.7 Å². The van der Waals surface area contributed by atoms with Crippen molar-refractivity contribution < 1.29 is 23.7 Å². The number of carbonyl (C=O) groups is 1. The van der Waals surface area contributed by atoms with Gasteiger partial charge in [0, 0.05) is 33.9 Å². The lowest BCUT2D eigenvalue weighted by Gasteiger charge is -2.21. The molecule has 0 aliphatic heterocycles. The topological polar surface area (TPSA) is 57.2 Å². The van der Waals surface area contributed by atoms with Crippen LogP contribution < -0.4 is 0 Å². The zero-order chi connectivity index (χ0) is 13.6. The van der Waals surface area contributed by atoms with Gasteiger partial charge in [0.2, 0.25) is 0 Å². The van der Waals surface area contributed by atoms with E-state index in [2.05, 4.69) is 4.90 Å². The van der Waals surface area contributed by atoms with Crippen LogP contribution in [-0.4, -0.2) is 77.8 Å². The molecule has 0 fully saturated rings. The van der Waals surface area contributed by atoms with E-state index in [1.807, 2.05) is 0 Å². The second kappa shape index (κ2) is 12.8. The molecule has 0 bridgehead atoms. The first-order valence-corrected chi connectivity index (χ1v) is 6.18. The van der Waals surface area contributed by atoms with Crippen LogP contribution in [0.2, 0.25) is 0 Å². The number of methoxy groups -OCH3 is 2. The lowest BCUT2D eigenvalue weighted by molar-refractivity contribution is -0.148. The molecule has 0 amide bonds. The first-order chi connectivity index (χ1) is 8.74. The Labute approximate surface area is 109 Å². The van der Waals surface area contributed by atoms with Gasteiger partial charge in [0.25, 0.3) is 0 Å². The average Bonchev–Trinajstić information content (AvgIpc) is 2.37. The van der Waals surface area contributed by atoms with Gasteiger partial charge in [-0.05, 0) is 6.92 Å². The zero-order valence-corrected chi connectivity index (χ0v) is 11.6. The van der Waals surface area contributed by atoms with Crippen LogP contribution in [0.1, 0.15) is 6.92 Å². The van der Waals surface area contributed by atoms with Crippen LogP contribution in [0.25, 0.3) is 0 Å². The Bertz CT molecular complexity index is 193. The Hall–Kier alpha value is -0.690. The fourth-order valence-electron chi connectivity index (χ4n) is 1.33. The van der Waals surface area contributed by atoms with Crippen LogP contribution in [0.3, 0.4) is 0 Å². The molecule has 0 atom stereocenters. The largest absolute Gasteiger partial charge is 0.464 e. The number of carbonyl (C=O) groups excluding carboxylic acids is 1. The fraction of sp³-hybridized carbons (Fsp3) is 0.917. The molecule has 0 N–H and O–H groups in total. The van der Waals surface area contributed by atoms with E-state index in [-0.39, 0.29) is 12.6 Å². The van der Waals surface area contributed by atoms with Gasteiger partial charge in [-0.2, -0.15) is 0 Å². The summed E-state index contributed by atoms with van der Waals surface area (Å²) in [6.07, 6.45) is 0. The van der Waals surface area contributed by atoms with E-state index < -0.39 is 0 Å². The van der Waals surface area contributed by atoms with Gasteiger partial charge in [0.15, 0.2) is 0 Å². The summed E-state index contributed by atoms with van der Waals surface area (Å²) in [5.74, 6) is -0.321. The molecule has 6 nitrogen and oxygen atoms in total. The number of nitrogens with zero attached hydrogens (tertiary/aromatic N) is 1. The van der Waals surface area contributed by atoms with Gasteiger partial charge >= 0.3 is 5.97 Å². The van der Waals surface area contributed by atoms with E-state index in [1.165, 1.54) is 0 Å².